The van der Waals surface area contributed by atoms with Gasteiger partial charge in [-0.3, -0.25) is 14.3 Å². The van der Waals surface area contributed by atoms with Crippen molar-refractivity contribution in [3.05, 3.63) is 82.9 Å². The van der Waals surface area contributed by atoms with Crippen LogP contribution < -0.4 is 5.43 Å². The lowest BCUT2D eigenvalue weighted by Crippen LogP contribution is -2.19. The Bertz CT molecular complexity index is 1730. The molecule has 0 saturated heterocycles. The van der Waals surface area contributed by atoms with Crippen molar-refractivity contribution in [1.82, 2.24) is 30.2 Å². The summed E-state index contributed by atoms with van der Waals surface area (Å²) in [4.78, 5) is 20.5. The number of nitrogens with zero attached hydrogens (tertiary/aromatic N) is 6. The van der Waals surface area contributed by atoms with Crippen LogP contribution in [-0.2, 0) is 9.84 Å². The predicted molar refractivity (Wildman–Crippen MR) is 147 cm³/mol. The number of hydrazone groups is 1. The molecule has 0 aliphatic heterocycles. The number of carbonyl (C=O) groups is 1. The van der Waals surface area contributed by atoms with E-state index >= 15 is 0 Å². The van der Waals surface area contributed by atoms with E-state index in [0.717, 1.165) is 6.26 Å². The summed E-state index contributed by atoms with van der Waals surface area (Å²) >= 11 is 6.55. The first kappa shape index (κ1) is 27.6. The molecule has 0 fully saturated rings. The first-order valence-electron chi connectivity index (χ1n) is 11.5. The normalized spacial score (nSPS) is 12.7. The molecule has 3 aromatic heterocycles. The second-order valence-corrected chi connectivity index (χ2v) is 11.0. The number of para-hydroxylation sites is 1. The summed E-state index contributed by atoms with van der Waals surface area (Å²) in [7, 11) is -3.42. The molecule has 39 heavy (non-hydrogen) atoms. The number of rotatable bonds is 7. The van der Waals surface area contributed by atoms with Crippen molar-refractivity contribution in [3.8, 4) is 23.1 Å². The number of nitrogens with one attached hydrogen (secondary N) is 1. The van der Waals surface area contributed by atoms with E-state index in [1.165, 1.54) is 30.6 Å². The number of halogens is 1. The van der Waals surface area contributed by atoms with Gasteiger partial charge in [0.05, 0.1) is 21.3 Å². The number of aromatic nitrogens is 5. The third-order valence-corrected chi connectivity index (χ3v) is 7.34. The highest BCUT2D eigenvalue weighted by Gasteiger charge is 2.21. The minimum absolute atomic E-state index is 0.0815. The monoisotopic (exact) mass is 565 g/mol. The molecule has 1 aromatic carbocycles. The van der Waals surface area contributed by atoms with E-state index in [0.29, 0.717) is 44.9 Å². The van der Waals surface area contributed by atoms with Gasteiger partial charge in [0.15, 0.2) is 21.5 Å². The zero-order valence-electron chi connectivity index (χ0n) is 21.4. The molecule has 0 aliphatic rings. The molecule has 0 atom stereocenters. The van der Waals surface area contributed by atoms with Crippen LogP contribution in [0.1, 0.15) is 37.0 Å². The van der Waals surface area contributed by atoms with Crippen LogP contribution in [-0.4, -0.2) is 56.1 Å². The minimum Gasteiger partial charge on any atom is -0.493 e. The molecule has 0 aliphatic carbocycles. The molecule has 0 spiro atoms. The Hall–Kier alpha value is -4.42. The number of benzene rings is 1. The molecule has 0 bridgehead atoms. The van der Waals surface area contributed by atoms with Gasteiger partial charge in [0.2, 0.25) is 5.88 Å². The molecule has 200 valence electrons. The van der Waals surface area contributed by atoms with Gasteiger partial charge < -0.3 is 5.11 Å². The third-order valence-electron chi connectivity index (χ3n) is 5.92. The van der Waals surface area contributed by atoms with Gasteiger partial charge in [0.25, 0.3) is 5.91 Å². The number of hydrogen-bond acceptors (Lipinski definition) is 9. The van der Waals surface area contributed by atoms with E-state index in [-0.39, 0.29) is 16.3 Å². The van der Waals surface area contributed by atoms with Crippen LogP contribution in [0.5, 0.6) is 5.88 Å². The number of sulfone groups is 1. The van der Waals surface area contributed by atoms with Crippen molar-refractivity contribution in [3.63, 3.8) is 0 Å². The smallest absolute Gasteiger partial charge is 0.271 e. The van der Waals surface area contributed by atoms with E-state index in [1.807, 2.05) is 19.9 Å². The van der Waals surface area contributed by atoms with Crippen LogP contribution in [0.25, 0.3) is 22.8 Å². The minimum atomic E-state index is -3.42. The van der Waals surface area contributed by atoms with E-state index in [9.17, 15) is 18.3 Å². The summed E-state index contributed by atoms with van der Waals surface area (Å²) in [6.07, 6.45) is 3.70. The molecule has 13 heteroatoms. The van der Waals surface area contributed by atoms with Crippen LogP contribution in [0, 0.1) is 0 Å². The van der Waals surface area contributed by atoms with E-state index < -0.39 is 15.7 Å². The van der Waals surface area contributed by atoms with Gasteiger partial charge in [-0.1, -0.05) is 23.7 Å². The number of hydrogen-bond donors (Lipinski definition) is 2. The van der Waals surface area contributed by atoms with Crippen LogP contribution in [0.2, 0.25) is 5.02 Å². The topological polar surface area (TPSA) is 152 Å². The summed E-state index contributed by atoms with van der Waals surface area (Å²) in [5.41, 5.74) is 5.57. The van der Waals surface area contributed by atoms with Gasteiger partial charge in [-0.15, -0.1) is 10.2 Å². The molecular formula is C26H24ClN7O4S. The summed E-state index contributed by atoms with van der Waals surface area (Å²) < 4.78 is 25.5. The van der Waals surface area contributed by atoms with Crippen molar-refractivity contribution in [1.29, 1.82) is 0 Å². The SMILES string of the molecule is CC(=C(\C)c1nnc(-c2ccc(S(C)(=O)=O)cn2)n1-c1ccccc1Cl)/C(C)=N/NC(=O)c1ccnc(O)c1. The van der Waals surface area contributed by atoms with Crippen LogP contribution in [0.15, 0.2) is 76.5 Å². The van der Waals surface area contributed by atoms with E-state index in [4.69, 9.17) is 11.6 Å². The summed E-state index contributed by atoms with van der Waals surface area (Å²) in [6.45, 7) is 5.38. The van der Waals surface area contributed by atoms with Crippen LogP contribution in [0.4, 0.5) is 0 Å². The molecule has 2 N–H and O–H groups in total. The van der Waals surface area contributed by atoms with Crippen LogP contribution >= 0.6 is 11.6 Å². The Kier molecular flexibility index (Phi) is 7.88. The van der Waals surface area contributed by atoms with Crippen molar-refractivity contribution in [2.24, 2.45) is 5.10 Å². The molecule has 0 saturated carbocycles. The lowest BCUT2D eigenvalue weighted by Gasteiger charge is -2.14. The summed E-state index contributed by atoms with van der Waals surface area (Å²) in [5, 5.41) is 22.9. The predicted octanol–water partition coefficient (Wildman–Crippen LogP) is 4.09. The lowest BCUT2D eigenvalue weighted by molar-refractivity contribution is 0.0954. The largest absolute Gasteiger partial charge is 0.493 e. The highest BCUT2D eigenvalue weighted by atomic mass is 35.5. The second-order valence-electron chi connectivity index (χ2n) is 8.58. The number of pyridine rings is 2. The zero-order chi connectivity index (χ0) is 28.3. The first-order valence-corrected chi connectivity index (χ1v) is 13.8. The standard InChI is InChI=1S/C26H24ClN7O4S/c1-15(17(3)30-33-26(36)18-11-12-28-23(35)13-18)16(2)24-31-32-25(34(24)22-8-6-5-7-20(22)27)21-10-9-19(14-29-21)39(4,37)38/h5-14H,1-4H3,(H,28,35)(H,33,36)/b16-15-,30-17+. The molecule has 0 radical (unpaired) electrons. The fourth-order valence-corrected chi connectivity index (χ4v) is 4.35. The maximum Gasteiger partial charge on any atom is 0.271 e. The number of allylic oxidation sites excluding steroid dienone is 2. The molecule has 4 rings (SSSR count). The fourth-order valence-electron chi connectivity index (χ4n) is 3.57. The van der Waals surface area contributed by atoms with Gasteiger partial charge in [-0.2, -0.15) is 5.10 Å². The Morgan fingerprint density at radius 1 is 1.05 bits per heavy atom. The maximum absolute atomic E-state index is 12.4. The lowest BCUT2D eigenvalue weighted by atomic mass is 10.1. The zero-order valence-corrected chi connectivity index (χ0v) is 23.0. The van der Waals surface area contributed by atoms with Gasteiger partial charge >= 0.3 is 0 Å². The van der Waals surface area contributed by atoms with Crippen molar-refractivity contribution >= 4 is 38.6 Å². The highest BCUT2D eigenvalue weighted by molar-refractivity contribution is 7.90. The van der Waals surface area contributed by atoms with Gasteiger partial charge in [-0.05, 0) is 62.2 Å². The Morgan fingerprint density at radius 3 is 2.44 bits per heavy atom. The van der Waals surface area contributed by atoms with Gasteiger partial charge in [0, 0.05) is 30.3 Å². The van der Waals surface area contributed by atoms with E-state index in [1.54, 1.807) is 35.8 Å². The number of carbonyl (C=O) groups excluding carboxylic acids is 1. The Labute approximate surface area is 229 Å². The van der Waals surface area contributed by atoms with Crippen LogP contribution in [0.3, 0.4) is 0 Å². The number of aromatic hydroxyl groups is 1. The summed E-state index contributed by atoms with van der Waals surface area (Å²) in [6, 6.07) is 12.9. The summed E-state index contributed by atoms with van der Waals surface area (Å²) in [5.74, 6) is 0.0169. The molecular weight excluding hydrogens is 542 g/mol. The third kappa shape index (κ3) is 6.02. The Balaban J connectivity index is 1.76. The van der Waals surface area contributed by atoms with Crippen molar-refractivity contribution < 1.29 is 18.3 Å². The molecule has 11 nitrogen and oxygen atoms in total. The highest BCUT2D eigenvalue weighted by Crippen LogP contribution is 2.30. The molecule has 0 unspecified atom stereocenters. The average Bonchev–Trinajstić information content (AvgIpc) is 3.35. The quantitative estimate of drug-likeness (QED) is 0.251. The first-order chi connectivity index (χ1) is 18.5. The van der Waals surface area contributed by atoms with E-state index in [2.05, 4.69) is 30.7 Å². The van der Waals surface area contributed by atoms with Crippen molar-refractivity contribution in [2.45, 2.75) is 25.7 Å². The second kappa shape index (κ2) is 11.1. The van der Waals surface area contributed by atoms with Gasteiger partial charge in [-0.25, -0.2) is 18.8 Å². The Morgan fingerprint density at radius 2 is 1.79 bits per heavy atom. The molecule has 4 aromatic rings. The average molecular weight is 566 g/mol. The maximum atomic E-state index is 12.4. The fraction of sp³-hybridized carbons (Fsp3) is 0.154. The van der Waals surface area contributed by atoms with Gasteiger partial charge in [0.1, 0.15) is 5.69 Å². The molecule has 1 amide bonds. The molecule has 3 heterocycles. The van der Waals surface area contributed by atoms with Crippen molar-refractivity contribution in [2.75, 3.05) is 6.26 Å². The number of amides is 1.